The van der Waals surface area contributed by atoms with Crippen LogP contribution >= 0.6 is 11.6 Å². The number of hydrogen-bond acceptors (Lipinski definition) is 4. The summed E-state index contributed by atoms with van der Waals surface area (Å²) < 4.78 is 6.03. The van der Waals surface area contributed by atoms with E-state index in [2.05, 4.69) is 31.0 Å². The molecule has 0 saturated carbocycles. The molecule has 0 fully saturated rings. The van der Waals surface area contributed by atoms with E-state index in [1.807, 2.05) is 66.7 Å². The molecule has 36 heavy (non-hydrogen) atoms. The largest absolute Gasteiger partial charge is 0.507 e. The Balaban J connectivity index is 1.39. The molecule has 0 bridgehead atoms. The number of oxazole rings is 1. The fraction of sp³-hybridized carbons (Fsp3) is 0.161. The number of nitrogens with zero attached hydrogens (tertiary/aromatic N) is 2. The van der Waals surface area contributed by atoms with Gasteiger partial charge in [0, 0.05) is 22.4 Å². The maximum atomic E-state index is 10.4. The number of benzene rings is 4. The first kappa shape index (κ1) is 23.8. The lowest BCUT2D eigenvalue weighted by atomic mass is 9.98. The molecule has 5 rings (SSSR count). The average Bonchev–Trinajstić information content (AvgIpc) is 3.33. The minimum atomic E-state index is 0.175. The standard InChI is InChI=1S/C31H27ClN2O2/c1-3-20(2)22-12-14-30-28(18-22)34-31(36-30)24-8-6-9-26(17-24)33-19-25-16-21(11-13-29(25)35)15-23-7-4-5-10-27(23)32/h4-14,16-20,35H,3,15H2,1-2H3. The third-order valence-corrected chi connectivity index (χ3v) is 6.85. The van der Waals surface area contributed by atoms with Gasteiger partial charge in [-0.05, 0) is 84.0 Å². The molecule has 1 heterocycles. The molecule has 4 aromatic carbocycles. The molecule has 0 radical (unpaired) electrons. The van der Waals surface area contributed by atoms with Crippen molar-refractivity contribution >= 4 is 34.6 Å². The Kier molecular flexibility index (Phi) is 6.88. The van der Waals surface area contributed by atoms with Crippen molar-refractivity contribution in [1.29, 1.82) is 0 Å². The van der Waals surface area contributed by atoms with Gasteiger partial charge in [0.05, 0.1) is 5.69 Å². The van der Waals surface area contributed by atoms with Gasteiger partial charge in [-0.15, -0.1) is 0 Å². The van der Waals surface area contributed by atoms with Crippen LogP contribution in [-0.4, -0.2) is 16.3 Å². The molecule has 0 amide bonds. The lowest BCUT2D eigenvalue weighted by molar-refractivity contribution is 0.474. The van der Waals surface area contributed by atoms with Gasteiger partial charge < -0.3 is 9.52 Å². The lowest BCUT2D eigenvalue weighted by Gasteiger charge is -2.07. The summed E-state index contributed by atoms with van der Waals surface area (Å²) in [7, 11) is 0. The van der Waals surface area contributed by atoms with Crippen LogP contribution in [0.4, 0.5) is 5.69 Å². The number of aromatic nitrogens is 1. The maximum absolute atomic E-state index is 10.4. The Bertz CT molecular complexity index is 1550. The van der Waals surface area contributed by atoms with E-state index in [0.717, 1.165) is 44.9 Å². The number of aromatic hydroxyl groups is 1. The molecule has 5 heteroatoms. The Labute approximate surface area is 215 Å². The zero-order valence-corrected chi connectivity index (χ0v) is 21.0. The molecule has 0 spiro atoms. The lowest BCUT2D eigenvalue weighted by Crippen LogP contribution is -1.92. The van der Waals surface area contributed by atoms with Crippen molar-refractivity contribution < 1.29 is 9.52 Å². The summed E-state index contributed by atoms with van der Waals surface area (Å²) in [5.74, 6) is 1.22. The molecule has 1 aromatic heterocycles. The Hall–Kier alpha value is -3.89. The summed E-state index contributed by atoms with van der Waals surface area (Å²) in [5, 5.41) is 11.1. The number of hydrogen-bond donors (Lipinski definition) is 1. The second-order valence-electron chi connectivity index (χ2n) is 9.03. The van der Waals surface area contributed by atoms with Gasteiger partial charge in [-0.2, -0.15) is 0 Å². The van der Waals surface area contributed by atoms with Crippen molar-refractivity contribution in [1.82, 2.24) is 4.98 Å². The number of fused-ring (bicyclic) bond motifs is 1. The summed E-state index contributed by atoms with van der Waals surface area (Å²) in [5.41, 5.74) is 7.20. The first-order chi connectivity index (χ1) is 17.5. The highest BCUT2D eigenvalue weighted by atomic mass is 35.5. The van der Waals surface area contributed by atoms with Crippen LogP contribution in [0.25, 0.3) is 22.6 Å². The molecule has 0 aliphatic heterocycles. The maximum Gasteiger partial charge on any atom is 0.227 e. The molecule has 1 N–H and O–H groups in total. The highest BCUT2D eigenvalue weighted by Gasteiger charge is 2.11. The summed E-state index contributed by atoms with van der Waals surface area (Å²) in [6.07, 6.45) is 3.43. The minimum Gasteiger partial charge on any atom is -0.507 e. The summed E-state index contributed by atoms with van der Waals surface area (Å²) in [6, 6.07) is 27.2. The van der Waals surface area contributed by atoms with Crippen LogP contribution in [0.2, 0.25) is 5.02 Å². The average molecular weight is 495 g/mol. The number of aliphatic imine (C=N–C) groups is 1. The first-order valence-corrected chi connectivity index (χ1v) is 12.5. The predicted molar refractivity (Wildman–Crippen MR) is 148 cm³/mol. The third-order valence-electron chi connectivity index (χ3n) is 6.48. The van der Waals surface area contributed by atoms with Crippen molar-refractivity contribution in [2.45, 2.75) is 32.6 Å². The van der Waals surface area contributed by atoms with Gasteiger partial charge in [0.15, 0.2) is 5.58 Å². The first-order valence-electron chi connectivity index (χ1n) is 12.1. The summed E-state index contributed by atoms with van der Waals surface area (Å²) >= 11 is 6.32. The van der Waals surface area contributed by atoms with Crippen LogP contribution < -0.4 is 0 Å². The molecule has 0 aliphatic carbocycles. The van der Waals surface area contributed by atoms with Gasteiger partial charge in [0.2, 0.25) is 5.89 Å². The van der Waals surface area contributed by atoms with Gasteiger partial charge >= 0.3 is 0 Å². The molecule has 0 aliphatic rings. The van der Waals surface area contributed by atoms with E-state index in [-0.39, 0.29) is 5.75 Å². The van der Waals surface area contributed by atoms with Gasteiger partial charge in [-0.25, -0.2) is 4.98 Å². The Morgan fingerprint density at radius 3 is 2.69 bits per heavy atom. The molecule has 1 unspecified atom stereocenters. The molecule has 4 nitrogen and oxygen atoms in total. The Morgan fingerprint density at radius 2 is 1.86 bits per heavy atom. The van der Waals surface area contributed by atoms with Crippen molar-refractivity contribution in [3.63, 3.8) is 0 Å². The molecule has 0 saturated heterocycles. The summed E-state index contributed by atoms with van der Waals surface area (Å²) in [4.78, 5) is 9.33. The van der Waals surface area contributed by atoms with Crippen LogP contribution in [0.5, 0.6) is 5.75 Å². The number of rotatable bonds is 7. The topological polar surface area (TPSA) is 58.6 Å². The van der Waals surface area contributed by atoms with Crippen molar-refractivity contribution in [2.75, 3.05) is 0 Å². The van der Waals surface area contributed by atoms with Crippen LogP contribution in [-0.2, 0) is 6.42 Å². The second-order valence-corrected chi connectivity index (χ2v) is 9.43. The monoisotopic (exact) mass is 494 g/mol. The van der Waals surface area contributed by atoms with E-state index >= 15 is 0 Å². The third kappa shape index (κ3) is 5.19. The second kappa shape index (κ2) is 10.4. The van der Waals surface area contributed by atoms with Crippen molar-refractivity contribution in [2.24, 2.45) is 4.99 Å². The quantitative estimate of drug-likeness (QED) is 0.230. The van der Waals surface area contributed by atoms with E-state index in [1.54, 1.807) is 12.3 Å². The van der Waals surface area contributed by atoms with Crippen molar-refractivity contribution in [3.05, 3.63) is 112 Å². The summed E-state index contributed by atoms with van der Waals surface area (Å²) in [6.45, 7) is 4.40. The highest BCUT2D eigenvalue weighted by Crippen LogP contribution is 2.30. The normalized spacial score (nSPS) is 12.4. The highest BCUT2D eigenvalue weighted by molar-refractivity contribution is 6.31. The van der Waals surface area contributed by atoms with Gasteiger partial charge in [-0.1, -0.05) is 61.8 Å². The SMILES string of the molecule is CCC(C)c1ccc2oc(-c3cccc(N=Cc4cc(Cc5ccccc5Cl)ccc4O)c3)nc2c1. The Morgan fingerprint density at radius 1 is 1.00 bits per heavy atom. The van der Waals surface area contributed by atoms with E-state index < -0.39 is 0 Å². The van der Waals surface area contributed by atoms with Crippen LogP contribution in [0.3, 0.4) is 0 Å². The fourth-order valence-electron chi connectivity index (χ4n) is 4.15. The van der Waals surface area contributed by atoms with E-state index in [1.165, 1.54) is 5.56 Å². The molecule has 1 atom stereocenters. The number of phenolic OH excluding ortho intramolecular Hbond substituents is 1. The smallest absolute Gasteiger partial charge is 0.227 e. The van der Waals surface area contributed by atoms with E-state index in [0.29, 0.717) is 23.8 Å². The predicted octanol–water partition coefficient (Wildman–Crippen LogP) is 8.71. The zero-order chi connectivity index (χ0) is 25.1. The van der Waals surface area contributed by atoms with Gasteiger partial charge in [-0.3, -0.25) is 4.99 Å². The van der Waals surface area contributed by atoms with Crippen molar-refractivity contribution in [3.8, 4) is 17.2 Å². The minimum absolute atomic E-state index is 0.175. The van der Waals surface area contributed by atoms with Gasteiger partial charge in [0.1, 0.15) is 11.3 Å². The fourth-order valence-corrected chi connectivity index (χ4v) is 4.36. The molecular weight excluding hydrogens is 468 g/mol. The number of phenols is 1. The number of halogens is 1. The van der Waals surface area contributed by atoms with Crippen LogP contribution in [0.1, 0.15) is 48.4 Å². The van der Waals surface area contributed by atoms with Crippen LogP contribution in [0.15, 0.2) is 94.3 Å². The molecule has 5 aromatic rings. The zero-order valence-electron chi connectivity index (χ0n) is 20.3. The molecule has 180 valence electrons. The van der Waals surface area contributed by atoms with E-state index in [4.69, 9.17) is 21.0 Å². The van der Waals surface area contributed by atoms with Gasteiger partial charge in [0.25, 0.3) is 0 Å². The van der Waals surface area contributed by atoms with Crippen LogP contribution in [0, 0.1) is 0 Å². The molecular formula is C31H27ClN2O2. The van der Waals surface area contributed by atoms with E-state index in [9.17, 15) is 5.11 Å².